The quantitative estimate of drug-likeness (QED) is 0.707. The van der Waals surface area contributed by atoms with Crippen molar-refractivity contribution in [2.75, 3.05) is 13.2 Å². The molecule has 118 valence electrons. The van der Waals surface area contributed by atoms with Crippen LogP contribution in [0, 0.1) is 23.7 Å². The second-order valence-electron chi connectivity index (χ2n) is 6.89. The highest BCUT2D eigenvalue weighted by atomic mass is 19.1. The Kier molecular flexibility index (Phi) is 5.12. The van der Waals surface area contributed by atoms with Crippen LogP contribution in [0.1, 0.15) is 44.9 Å². The van der Waals surface area contributed by atoms with Crippen LogP contribution in [-0.2, 0) is 9.47 Å². The van der Waals surface area contributed by atoms with Crippen LogP contribution >= 0.6 is 0 Å². The Balaban J connectivity index is 1.44. The highest BCUT2D eigenvalue weighted by Crippen LogP contribution is 2.41. The summed E-state index contributed by atoms with van der Waals surface area (Å²) in [6, 6.07) is 0. The van der Waals surface area contributed by atoms with Crippen LogP contribution in [0.4, 0.5) is 4.39 Å². The first-order chi connectivity index (χ1) is 10.3. The highest BCUT2D eigenvalue weighted by molar-refractivity contribution is 4.99. The van der Waals surface area contributed by atoms with Crippen molar-refractivity contribution in [2.45, 2.75) is 51.2 Å². The van der Waals surface area contributed by atoms with Gasteiger partial charge >= 0.3 is 0 Å². The van der Waals surface area contributed by atoms with Gasteiger partial charge in [0.05, 0.1) is 19.0 Å². The fourth-order valence-corrected chi connectivity index (χ4v) is 4.08. The molecule has 3 aliphatic rings. The Morgan fingerprint density at radius 2 is 1.67 bits per heavy atom. The normalized spacial score (nSPS) is 41.4. The van der Waals surface area contributed by atoms with Gasteiger partial charge in [-0.1, -0.05) is 12.2 Å². The van der Waals surface area contributed by atoms with Crippen LogP contribution in [0.15, 0.2) is 24.6 Å². The maximum Gasteiger partial charge on any atom is 0.160 e. The smallest absolute Gasteiger partial charge is 0.160 e. The zero-order valence-electron chi connectivity index (χ0n) is 12.8. The molecule has 1 unspecified atom stereocenters. The van der Waals surface area contributed by atoms with Crippen LogP contribution in [0.2, 0.25) is 0 Å². The molecule has 1 saturated heterocycles. The van der Waals surface area contributed by atoms with Gasteiger partial charge in [-0.2, -0.15) is 0 Å². The lowest BCUT2D eigenvalue weighted by atomic mass is 9.72. The molecule has 0 aromatic rings. The molecule has 1 aliphatic heterocycles. The topological polar surface area (TPSA) is 18.5 Å². The summed E-state index contributed by atoms with van der Waals surface area (Å²) in [5.74, 6) is 2.46. The molecule has 0 radical (unpaired) electrons. The average molecular weight is 294 g/mol. The zero-order chi connectivity index (χ0) is 14.7. The molecule has 0 amide bonds. The Labute approximate surface area is 127 Å². The predicted molar refractivity (Wildman–Crippen MR) is 81.4 cm³/mol. The van der Waals surface area contributed by atoms with E-state index in [0.717, 1.165) is 32.0 Å². The summed E-state index contributed by atoms with van der Waals surface area (Å²) in [4.78, 5) is 0. The number of ether oxygens (including phenoxy) is 2. The highest BCUT2D eigenvalue weighted by Gasteiger charge is 2.34. The molecule has 1 heterocycles. The first kappa shape index (κ1) is 15.2. The summed E-state index contributed by atoms with van der Waals surface area (Å²) in [6.45, 7) is 5.30. The molecule has 3 rings (SSSR count). The molecule has 0 bridgehead atoms. The van der Waals surface area contributed by atoms with E-state index >= 15 is 0 Å². The molecule has 0 N–H and O–H groups in total. The third-order valence-corrected chi connectivity index (χ3v) is 5.55. The van der Waals surface area contributed by atoms with Gasteiger partial charge in [-0.3, -0.25) is 0 Å². The van der Waals surface area contributed by atoms with Crippen LogP contribution < -0.4 is 0 Å². The second kappa shape index (κ2) is 7.06. The van der Waals surface area contributed by atoms with E-state index in [2.05, 4.69) is 6.58 Å². The number of allylic oxidation sites excluding steroid dienone is 2. The second-order valence-corrected chi connectivity index (χ2v) is 6.89. The van der Waals surface area contributed by atoms with Crippen molar-refractivity contribution in [3.8, 4) is 0 Å². The SMILES string of the molecule is C=CC1COC(C2CCC(C3CC=C(F)CC3)CC2)OC1. The molecular weight excluding hydrogens is 267 g/mol. The van der Waals surface area contributed by atoms with Crippen molar-refractivity contribution in [1.82, 2.24) is 0 Å². The molecule has 21 heavy (non-hydrogen) atoms. The number of hydrogen-bond acceptors (Lipinski definition) is 2. The maximum absolute atomic E-state index is 13.1. The van der Waals surface area contributed by atoms with Crippen molar-refractivity contribution >= 4 is 0 Å². The Hall–Kier alpha value is -0.670. The van der Waals surface area contributed by atoms with Gasteiger partial charge < -0.3 is 9.47 Å². The first-order valence-corrected chi connectivity index (χ1v) is 8.46. The van der Waals surface area contributed by atoms with Crippen LogP contribution in [0.5, 0.6) is 0 Å². The molecule has 2 aliphatic carbocycles. The monoisotopic (exact) mass is 294 g/mol. The Morgan fingerprint density at radius 1 is 1.00 bits per heavy atom. The van der Waals surface area contributed by atoms with Gasteiger partial charge in [-0.15, -0.1) is 6.58 Å². The summed E-state index contributed by atoms with van der Waals surface area (Å²) < 4.78 is 24.8. The van der Waals surface area contributed by atoms with E-state index in [1.165, 1.54) is 25.7 Å². The van der Waals surface area contributed by atoms with Gasteiger partial charge in [0.1, 0.15) is 0 Å². The minimum Gasteiger partial charge on any atom is -0.352 e. The Bertz CT molecular complexity index is 377. The molecule has 1 atom stereocenters. The van der Waals surface area contributed by atoms with Crippen molar-refractivity contribution in [3.05, 3.63) is 24.6 Å². The summed E-state index contributed by atoms with van der Waals surface area (Å²) >= 11 is 0. The lowest BCUT2D eigenvalue weighted by Crippen LogP contribution is -2.38. The van der Waals surface area contributed by atoms with Crippen LogP contribution in [0.25, 0.3) is 0 Å². The standard InChI is InChI=1S/C18H27FO2/c1-2-13-11-20-18(21-12-13)16-5-3-14(4-6-16)15-7-9-17(19)10-8-15/h2,9,13-16,18H,1,3-8,10-12H2. The summed E-state index contributed by atoms with van der Waals surface area (Å²) in [5, 5.41) is 0. The number of hydrogen-bond donors (Lipinski definition) is 0. The van der Waals surface area contributed by atoms with Gasteiger partial charge in [-0.25, -0.2) is 4.39 Å². The largest absolute Gasteiger partial charge is 0.352 e. The summed E-state index contributed by atoms with van der Waals surface area (Å²) in [5.41, 5.74) is 0. The van der Waals surface area contributed by atoms with Gasteiger partial charge in [0.15, 0.2) is 6.29 Å². The molecule has 2 nitrogen and oxygen atoms in total. The van der Waals surface area contributed by atoms with Gasteiger partial charge in [0.2, 0.25) is 0 Å². The third-order valence-electron chi connectivity index (χ3n) is 5.55. The molecule has 2 fully saturated rings. The Morgan fingerprint density at radius 3 is 2.24 bits per heavy atom. The lowest BCUT2D eigenvalue weighted by Gasteiger charge is -2.39. The predicted octanol–water partition coefficient (Wildman–Crippen LogP) is 4.62. The molecule has 0 aromatic carbocycles. The van der Waals surface area contributed by atoms with Crippen molar-refractivity contribution in [1.29, 1.82) is 0 Å². The first-order valence-electron chi connectivity index (χ1n) is 8.46. The fourth-order valence-electron chi connectivity index (χ4n) is 4.08. The lowest BCUT2D eigenvalue weighted by molar-refractivity contribution is -0.223. The summed E-state index contributed by atoms with van der Waals surface area (Å²) in [7, 11) is 0. The van der Waals surface area contributed by atoms with Gasteiger partial charge in [0, 0.05) is 11.8 Å². The van der Waals surface area contributed by atoms with Crippen molar-refractivity contribution in [3.63, 3.8) is 0 Å². The van der Waals surface area contributed by atoms with Gasteiger partial charge in [0.25, 0.3) is 0 Å². The van der Waals surface area contributed by atoms with Crippen LogP contribution in [-0.4, -0.2) is 19.5 Å². The van der Waals surface area contributed by atoms with E-state index in [1.807, 2.05) is 12.2 Å². The van der Waals surface area contributed by atoms with Gasteiger partial charge in [-0.05, 0) is 56.8 Å². The third kappa shape index (κ3) is 3.75. The zero-order valence-corrected chi connectivity index (χ0v) is 12.8. The minimum atomic E-state index is -0.00848. The molecule has 1 saturated carbocycles. The molecule has 0 spiro atoms. The van der Waals surface area contributed by atoms with Crippen molar-refractivity contribution < 1.29 is 13.9 Å². The van der Waals surface area contributed by atoms with E-state index in [-0.39, 0.29) is 12.1 Å². The maximum atomic E-state index is 13.1. The van der Waals surface area contributed by atoms with E-state index in [0.29, 0.717) is 24.2 Å². The van der Waals surface area contributed by atoms with E-state index < -0.39 is 0 Å². The number of halogens is 1. The molecular formula is C18H27FO2. The average Bonchev–Trinajstić information content (AvgIpc) is 2.56. The molecule has 3 heteroatoms. The van der Waals surface area contributed by atoms with E-state index in [4.69, 9.17) is 9.47 Å². The van der Waals surface area contributed by atoms with Crippen LogP contribution in [0.3, 0.4) is 0 Å². The number of rotatable bonds is 3. The summed E-state index contributed by atoms with van der Waals surface area (Å²) in [6.07, 6.45) is 11.2. The molecule has 0 aromatic heterocycles. The van der Waals surface area contributed by atoms with Crippen molar-refractivity contribution in [2.24, 2.45) is 23.7 Å². The minimum absolute atomic E-state index is 0.00848. The van der Waals surface area contributed by atoms with E-state index in [9.17, 15) is 4.39 Å². The fraction of sp³-hybridized carbons (Fsp3) is 0.778. The van der Waals surface area contributed by atoms with E-state index in [1.54, 1.807) is 0 Å².